The van der Waals surface area contributed by atoms with Crippen LogP contribution in [0, 0.1) is 12.3 Å². The smallest absolute Gasteiger partial charge is 0.314 e. The Kier molecular flexibility index (Phi) is 2.28. The maximum atomic E-state index is 11.4. The summed E-state index contributed by atoms with van der Waals surface area (Å²) in [6.45, 7) is 5.76. The average Bonchev–Trinajstić information content (AvgIpc) is 2.75. The van der Waals surface area contributed by atoms with E-state index in [1.165, 1.54) is 0 Å². The Labute approximate surface area is 99.5 Å². The van der Waals surface area contributed by atoms with Gasteiger partial charge in [0.15, 0.2) is 0 Å². The minimum Gasteiger partial charge on any atom is -0.481 e. The van der Waals surface area contributed by atoms with Crippen LogP contribution in [0.25, 0.3) is 0 Å². The second kappa shape index (κ2) is 3.20. The summed E-state index contributed by atoms with van der Waals surface area (Å²) in [5.74, 6) is -0.777. The lowest BCUT2D eigenvalue weighted by atomic mass is 9.88. The molecule has 1 fully saturated rings. The summed E-state index contributed by atoms with van der Waals surface area (Å²) in [5.41, 5.74) is 0.588. The van der Waals surface area contributed by atoms with Crippen LogP contribution in [0.2, 0.25) is 5.15 Å². The van der Waals surface area contributed by atoms with Gasteiger partial charge < -0.3 is 5.11 Å². The molecule has 0 aliphatic heterocycles. The number of hydrogen-bond donors (Lipinski definition) is 1. The molecule has 1 saturated carbocycles. The molecular formula is C12H14ClNO2. The Morgan fingerprint density at radius 3 is 2.50 bits per heavy atom. The highest BCUT2D eigenvalue weighted by atomic mass is 35.5. The van der Waals surface area contributed by atoms with Gasteiger partial charge in [0.05, 0.1) is 5.41 Å². The molecular weight excluding hydrogens is 226 g/mol. The first-order chi connectivity index (χ1) is 7.31. The van der Waals surface area contributed by atoms with E-state index in [0.29, 0.717) is 11.6 Å². The average molecular weight is 240 g/mol. The van der Waals surface area contributed by atoms with Crippen molar-refractivity contribution in [3.8, 4) is 0 Å². The van der Waals surface area contributed by atoms with Crippen molar-refractivity contribution in [1.29, 1.82) is 0 Å². The number of carbonyl (C=O) groups is 1. The third-order valence-electron chi connectivity index (χ3n) is 3.61. The molecule has 86 valence electrons. The van der Waals surface area contributed by atoms with Gasteiger partial charge >= 0.3 is 5.97 Å². The molecule has 0 amide bonds. The van der Waals surface area contributed by atoms with Crippen molar-refractivity contribution in [3.05, 3.63) is 28.5 Å². The second-order valence-electron chi connectivity index (χ2n) is 5.10. The number of halogens is 1. The summed E-state index contributed by atoms with van der Waals surface area (Å²) in [5, 5.41) is 9.83. The Bertz CT molecular complexity index is 470. The van der Waals surface area contributed by atoms with Crippen molar-refractivity contribution in [2.75, 3.05) is 0 Å². The number of nitrogens with zero attached hydrogens (tertiary/aromatic N) is 1. The lowest BCUT2D eigenvalue weighted by Gasteiger charge is -2.16. The summed E-state index contributed by atoms with van der Waals surface area (Å²) in [7, 11) is 0. The van der Waals surface area contributed by atoms with E-state index < -0.39 is 11.4 Å². The van der Waals surface area contributed by atoms with Gasteiger partial charge in [-0.1, -0.05) is 31.5 Å². The third-order valence-corrected chi connectivity index (χ3v) is 4.01. The number of hydrogen-bond acceptors (Lipinski definition) is 2. The van der Waals surface area contributed by atoms with Crippen LogP contribution in [0.15, 0.2) is 12.3 Å². The largest absolute Gasteiger partial charge is 0.481 e. The number of carboxylic acids is 1. The quantitative estimate of drug-likeness (QED) is 0.808. The summed E-state index contributed by atoms with van der Waals surface area (Å²) in [6, 6.07) is 1.83. The van der Waals surface area contributed by atoms with Crippen molar-refractivity contribution in [2.45, 2.75) is 32.6 Å². The van der Waals surface area contributed by atoms with Gasteiger partial charge in [-0.05, 0) is 29.9 Å². The van der Waals surface area contributed by atoms with Crippen LogP contribution >= 0.6 is 11.6 Å². The molecule has 0 radical (unpaired) electrons. The van der Waals surface area contributed by atoms with E-state index in [2.05, 4.69) is 4.98 Å². The number of pyridine rings is 1. The first kappa shape index (κ1) is 11.4. The Balaban J connectivity index is 2.51. The minimum absolute atomic E-state index is 0.208. The van der Waals surface area contributed by atoms with E-state index in [1.54, 1.807) is 6.20 Å². The van der Waals surface area contributed by atoms with Gasteiger partial charge in [0, 0.05) is 6.20 Å². The highest BCUT2D eigenvalue weighted by Gasteiger charge is 2.67. The predicted molar refractivity (Wildman–Crippen MR) is 61.7 cm³/mol. The van der Waals surface area contributed by atoms with E-state index in [-0.39, 0.29) is 5.41 Å². The van der Waals surface area contributed by atoms with E-state index in [1.807, 2.05) is 26.8 Å². The van der Waals surface area contributed by atoms with Crippen molar-refractivity contribution in [1.82, 2.24) is 4.98 Å². The summed E-state index contributed by atoms with van der Waals surface area (Å²) < 4.78 is 0. The number of aliphatic carboxylic acids is 1. The highest BCUT2D eigenvalue weighted by molar-refractivity contribution is 6.30. The zero-order valence-corrected chi connectivity index (χ0v) is 10.3. The number of rotatable bonds is 2. The Hall–Kier alpha value is -1.09. The van der Waals surface area contributed by atoms with Crippen molar-refractivity contribution < 1.29 is 9.90 Å². The zero-order chi connectivity index (χ0) is 12.1. The summed E-state index contributed by atoms with van der Waals surface area (Å²) in [6.07, 6.45) is 2.23. The van der Waals surface area contributed by atoms with Gasteiger partial charge in [0.1, 0.15) is 5.15 Å². The SMILES string of the molecule is Cc1cc(C2(C(=O)O)CC2(C)C)cnc1Cl. The van der Waals surface area contributed by atoms with Gasteiger partial charge in [0.25, 0.3) is 0 Å². The maximum Gasteiger partial charge on any atom is 0.314 e. The molecule has 1 N–H and O–H groups in total. The Morgan fingerprint density at radius 2 is 2.12 bits per heavy atom. The second-order valence-corrected chi connectivity index (χ2v) is 5.46. The van der Waals surface area contributed by atoms with Crippen LogP contribution in [-0.4, -0.2) is 16.1 Å². The van der Waals surface area contributed by atoms with E-state index in [4.69, 9.17) is 11.6 Å². The molecule has 0 aromatic carbocycles. The molecule has 0 saturated heterocycles. The number of aromatic nitrogens is 1. The molecule has 1 aromatic rings. The van der Waals surface area contributed by atoms with Gasteiger partial charge in [-0.2, -0.15) is 0 Å². The van der Waals surface area contributed by atoms with Gasteiger partial charge in [-0.15, -0.1) is 0 Å². The number of carboxylic acid groups (broad SMARTS) is 1. The maximum absolute atomic E-state index is 11.4. The molecule has 1 atom stereocenters. The van der Waals surface area contributed by atoms with Crippen LogP contribution in [-0.2, 0) is 10.2 Å². The van der Waals surface area contributed by atoms with E-state index in [9.17, 15) is 9.90 Å². The van der Waals surface area contributed by atoms with Crippen LogP contribution in [0.3, 0.4) is 0 Å². The molecule has 2 rings (SSSR count). The first-order valence-corrected chi connectivity index (χ1v) is 5.55. The molecule has 0 bridgehead atoms. The third kappa shape index (κ3) is 1.34. The molecule has 4 heteroatoms. The lowest BCUT2D eigenvalue weighted by molar-refractivity contribution is -0.141. The molecule has 1 aromatic heterocycles. The van der Waals surface area contributed by atoms with Crippen molar-refractivity contribution >= 4 is 17.6 Å². The Morgan fingerprint density at radius 1 is 1.56 bits per heavy atom. The van der Waals surface area contributed by atoms with Crippen molar-refractivity contribution in [3.63, 3.8) is 0 Å². The van der Waals surface area contributed by atoms with E-state index >= 15 is 0 Å². The van der Waals surface area contributed by atoms with Crippen molar-refractivity contribution in [2.24, 2.45) is 5.41 Å². The fourth-order valence-electron chi connectivity index (χ4n) is 2.39. The van der Waals surface area contributed by atoms with E-state index in [0.717, 1.165) is 11.1 Å². The predicted octanol–water partition coefficient (Wildman–Crippen LogP) is 2.80. The van der Waals surface area contributed by atoms with Crippen LogP contribution < -0.4 is 0 Å². The molecule has 0 spiro atoms. The molecule has 3 nitrogen and oxygen atoms in total. The standard InChI is InChI=1S/C12H14ClNO2/c1-7-4-8(5-14-9(7)13)12(10(15)16)6-11(12,2)3/h4-5H,6H2,1-3H3,(H,15,16). The topological polar surface area (TPSA) is 50.2 Å². The normalized spacial score (nSPS) is 26.5. The number of aryl methyl sites for hydroxylation is 1. The van der Waals surface area contributed by atoms with Gasteiger partial charge in [0.2, 0.25) is 0 Å². The highest BCUT2D eigenvalue weighted by Crippen LogP contribution is 2.64. The molecule has 16 heavy (non-hydrogen) atoms. The van der Waals surface area contributed by atoms with Crippen LogP contribution in [0.4, 0.5) is 0 Å². The van der Waals surface area contributed by atoms with Gasteiger partial charge in [-0.3, -0.25) is 4.79 Å². The first-order valence-electron chi connectivity index (χ1n) is 5.17. The summed E-state index contributed by atoms with van der Waals surface area (Å²) in [4.78, 5) is 15.5. The minimum atomic E-state index is -0.782. The fourth-order valence-corrected chi connectivity index (χ4v) is 2.49. The molecule has 1 aliphatic carbocycles. The van der Waals surface area contributed by atoms with Crippen LogP contribution in [0.1, 0.15) is 31.4 Å². The van der Waals surface area contributed by atoms with Gasteiger partial charge in [-0.25, -0.2) is 4.98 Å². The fraction of sp³-hybridized carbons (Fsp3) is 0.500. The zero-order valence-electron chi connectivity index (χ0n) is 9.54. The monoisotopic (exact) mass is 239 g/mol. The molecule has 1 unspecified atom stereocenters. The summed E-state index contributed by atoms with van der Waals surface area (Å²) >= 11 is 5.84. The molecule has 1 aliphatic rings. The lowest BCUT2D eigenvalue weighted by Crippen LogP contribution is -2.25. The molecule has 1 heterocycles. The van der Waals surface area contributed by atoms with Crippen LogP contribution in [0.5, 0.6) is 0 Å².